The number of carboxylic acid groups (broad SMARTS) is 1. The Balaban J connectivity index is 1.72. The number of hydrogen-bond acceptors (Lipinski definition) is 4. The van der Waals surface area contributed by atoms with Crippen molar-refractivity contribution in [3.63, 3.8) is 0 Å². The Morgan fingerprint density at radius 3 is 2.26 bits per heavy atom. The summed E-state index contributed by atoms with van der Waals surface area (Å²) in [6.45, 7) is 2.84. The molecule has 1 aromatic carbocycles. The largest absolute Gasteiger partial charge is 0.503 e. The van der Waals surface area contributed by atoms with E-state index >= 15 is 0 Å². The zero-order chi connectivity index (χ0) is 19.6. The summed E-state index contributed by atoms with van der Waals surface area (Å²) in [5.41, 5.74) is 1.16. The SMILES string of the molecule is O=C(O)N1CCN(Cc2ccn(Cc3cc(I)cc(I)c3)c(=O)c2O)CC1. The minimum atomic E-state index is -0.912. The minimum Gasteiger partial charge on any atom is -0.503 e. The molecule has 27 heavy (non-hydrogen) atoms. The lowest BCUT2D eigenvalue weighted by Gasteiger charge is -2.33. The molecule has 1 aliphatic rings. The van der Waals surface area contributed by atoms with Crippen molar-refractivity contribution in [2.45, 2.75) is 13.1 Å². The van der Waals surface area contributed by atoms with Gasteiger partial charge in [0, 0.05) is 51.6 Å². The number of nitrogens with zero attached hydrogens (tertiary/aromatic N) is 3. The first-order valence-corrected chi connectivity index (χ1v) is 10.6. The molecular formula is C18H19I2N3O4. The van der Waals surface area contributed by atoms with Gasteiger partial charge in [0.1, 0.15) is 0 Å². The summed E-state index contributed by atoms with van der Waals surface area (Å²) in [4.78, 5) is 26.9. The summed E-state index contributed by atoms with van der Waals surface area (Å²) in [5.74, 6) is -0.238. The molecule has 0 atom stereocenters. The number of rotatable bonds is 4. The third-order valence-electron chi connectivity index (χ3n) is 4.54. The number of piperazine rings is 1. The molecule has 3 rings (SSSR count). The highest BCUT2D eigenvalue weighted by Crippen LogP contribution is 2.18. The van der Waals surface area contributed by atoms with Crippen LogP contribution in [0.3, 0.4) is 0 Å². The second-order valence-electron chi connectivity index (χ2n) is 6.45. The van der Waals surface area contributed by atoms with Crippen molar-refractivity contribution in [2.24, 2.45) is 0 Å². The molecule has 1 fully saturated rings. The van der Waals surface area contributed by atoms with Gasteiger partial charge in [0.2, 0.25) is 0 Å². The summed E-state index contributed by atoms with van der Waals surface area (Å²) < 4.78 is 3.70. The van der Waals surface area contributed by atoms with Crippen molar-refractivity contribution in [1.29, 1.82) is 0 Å². The number of benzene rings is 1. The fraction of sp³-hybridized carbons (Fsp3) is 0.333. The topological polar surface area (TPSA) is 86.0 Å². The average Bonchev–Trinajstić information content (AvgIpc) is 2.61. The molecule has 7 nitrogen and oxygen atoms in total. The van der Waals surface area contributed by atoms with Gasteiger partial charge in [-0.05, 0) is 75.0 Å². The van der Waals surface area contributed by atoms with Crippen molar-refractivity contribution < 1.29 is 15.0 Å². The lowest BCUT2D eigenvalue weighted by Crippen LogP contribution is -2.47. The Kier molecular flexibility index (Phi) is 6.63. The van der Waals surface area contributed by atoms with Crippen molar-refractivity contribution in [2.75, 3.05) is 26.2 Å². The molecular weight excluding hydrogens is 576 g/mol. The zero-order valence-corrected chi connectivity index (χ0v) is 18.8. The Bertz CT molecular complexity index is 888. The minimum absolute atomic E-state index is 0.238. The van der Waals surface area contributed by atoms with E-state index in [0.717, 1.165) is 12.7 Å². The van der Waals surface area contributed by atoms with E-state index in [2.05, 4.69) is 51.2 Å². The van der Waals surface area contributed by atoms with Crippen molar-refractivity contribution in [1.82, 2.24) is 14.4 Å². The molecule has 0 saturated carbocycles. The van der Waals surface area contributed by atoms with Gasteiger partial charge in [-0.2, -0.15) is 0 Å². The van der Waals surface area contributed by atoms with Crippen LogP contribution in [0.5, 0.6) is 5.75 Å². The van der Waals surface area contributed by atoms with Gasteiger partial charge in [-0.25, -0.2) is 4.79 Å². The molecule has 144 valence electrons. The van der Waals surface area contributed by atoms with E-state index in [-0.39, 0.29) is 5.75 Å². The van der Waals surface area contributed by atoms with Crippen LogP contribution in [0.1, 0.15) is 11.1 Å². The third kappa shape index (κ3) is 5.13. The quantitative estimate of drug-likeness (QED) is 0.532. The molecule has 9 heteroatoms. The lowest BCUT2D eigenvalue weighted by molar-refractivity contribution is 0.102. The number of aromatic hydroxyl groups is 1. The van der Waals surface area contributed by atoms with Crippen LogP contribution in [-0.2, 0) is 13.1 Å². The molecule has 0 spiro atoms. The Hall–Kier alpha value is -1.34. The van der Waals surface area contributed by atoms with Crippen LogP contribution in [0, 0.1) is 7.14 Å². The number of carbonyl (C=O) groups is 1. The van der Waals surface area contributed by atoms with Gasteiger partial charge >= 0.3 is 6.09 Å². The molecule has 0 unspecified atom stereocenters. The summed E-state index contributed by atoms with van der Waals surface area (Å²) in [7, 11) is 0. The van der Waals surface area contributed by atoms with E-state index in [1.54, 1.807) is 12.3 Å². The number of hydrogen-bond donors (Lipinski definition) is 2. The molecule has 1 saturated heterocycles. The second kappa shape index (κ2) is 8.78. The van der Waals surface area contributed by atoms with Crippen LogP contribution >= 0.6 is 45.2 Å². The maximum atomic E-state index is 12.6. The molecule has 1 amide bonds. The number of aromatic nitrogens is 1. The van der Waals surface area contributed by atoms with Crippen molar-refractivity contribution in [3.8, 4) is 5.75 Å². The van der Waals surface area contributed by atoms with E-state index in [1.165, 1.54) is 9.47 Å². The van der Waals surface area contributed by atoms with Crippen LogP contribution in [0.15, 0.2) is 35.3 Å². The van der Waals surface area contributed by atoms with Crippen LogP contribution in [-0.4, -0.2) is 56.9 Å². The smallest absolute Gasteiger partial charge is 0.407 e. The number of pyridine rings is 1. The molecule has 0 radical (unpaired) electrons. The molecule has 2 aromatic rings. The second-order valence-corrected chi connectivity index (χ2v) is 8.94. The van der Waals surface area contributed by atoms with Gasteiger partial charge in [-0.15, -0.1) is 0 Å². The summed E-state index contributed by atoms with van der Waals surface area (Å²) in [6, 6.07) is 7.85. The van der Waals surface area contributed by atoms with Gasteiger partial charge in [0.15, 0.2) is 5.75 Å². The third-order valence-corrected chi connectivity index (χ3v) is 5.78. The summed E-state index contributed by atoms with van der Waals surface area (Å²) in [6.07, 6.45) is 0.794. The monoisotopic (exact) mass is 595 g/mol. The van der Waals surface area contributed by atoms with E-state index in [4.69, 9.17) is 5.11 Å². The molecule has 1 aliphatic heterocycles. The molecule has 1 aromatic heterocycles. The Morgan fingerprint density at radius 1 is 1.04 bits per heavy atom. The van der Waals surface area contributed by atoms with Gasteiger partial charge in [-0.1, -0.05) is 0 Å². The van der Waals surface area contributed by atoms with Gasteiger partial charge in [-0.3, -0.25) is 9.69 Å². The first kappa shape index (κ1) is 20.4. The van der Waals surface area contributed by atoms with E-state index in [0.29, 0.717) is 44.8 Å². The first-order valence-electron chi connectivity index (χ1n) is 8.40. The van der Waals surface area contributed by atoms with Gasteiger partial charge in [0.05, 0.1) is 6.54 Å². The Labute approximate surface area is 183 Å². The molecule has 0 aliphatic carbocycles. The highest BCUT2D eigenvalue weighted by atomic mass is 127. The number of amides is 1. The summed E-state index contributed by atoms with van der Waals surface area (Å²) in [5, 5.41) is 19.4. The van der Waals surface area contributed by atoms with Gasteiger partial charge < -0.3 is 19.7 Å². The standard InChI is InChI=1S/C18H19I2N3O4/c19-14-7-12(8-15(20)9-14)10-23-2-1-13(16(24)17(23)25)11-21-3-5-22(6-4-21)18(26)27/h1-2,7-9,24H,3-6,10-11H2,(H,26,27). The Morgan fingerprint density at radius 2 is 1.67 bits per heavy atom. The van der Waals surface area contributed by atoms with Crippen LogP contribution in [0.25, 0.3) is 0 Å². The maximum absolute atomic E-state index is 12.6. The molecule has 2 N–H and O–H groups in total. The highest BCUT2D eigenvalue weighted by molar-refractivity contribution is 14.1. The summed E-state index contributed by atoms with van der Waals surface area (Å²) >= 11 is 4.49. The van der Waals surface area contributed by atoms with E-state index in [9.17, 15) is 14.7 Å². The maximum Gasteiger partial charge on any atom is 0.407 e. The highest BCUT2D eigenvalue weighted by Gasteiger charge is 2.21. The van der Waals surface area contributed by atoms with Crippen LogP contribution < -0.4 is 5.56 Å². The fourth-order valence-electron chi connectivity index (χ4n) is 3.09. The van der Waals surface area contributed by atoms with E-state index in [1.807, 2.05) is 17.0 Å². The van der Waals surface area contributed by atoms with E-state index < -0.39 is 11.7 Å². The predicted octanol–water partition coefficient (Wildman–Crippen LogP) is 2.61. The van der Waals surface area contributed by atoms with Crippen LogP contribution in [0.4, 0.5) is 4.79 Å². The molecule has 2 heterocycles. The van der Waals surface area contributed by atoms with Crippen molar-refractivity contribution >= 4 is 51.3 Å². The predicted molar refractivity (Wildman–Crippen MR) is 118 cm³/mol. The molecule has 0 bridgehead atoms. The van der Waals surface area contributed by atoms with Crippen molar-refractivity contribution in [3.05, 3.63) is 59.1 Å². The lowest BCUT2D eigenvalue weighted by atomic mass is 10.2. The van der Waals surface area contributed by atoms with Crippen LogP contribution in [0.2, 0.25) is 0 Å². The zero-order valence-electron chi connectivity index (χ0n) is 14.4. The normalized spacial score (nSPS) is 15.1. The number of halogens is 2. The average molecular weight is 595 g/mol. The fourth-order valence-corrected chi connectivity index (χ4v) is 5.16. The van der Waals surface area contributed by atoms with Gasteiger partial charge in [0.25, 0.3) is 5.56 Å². The first-order chi connectivity index (χ1) is 12.8.